The molecule has 3 heteroatoms. The van der Waals surface area contributed by atoms with Crippen molar-refractivity contribution in [3.63, 3.8) is 0 Å². The fourth-order valence-corrected chi connectivity index (χ4v) is 0.557. The zero-order valence-corrected chi connectivity index (χ0v) is 6.72. The Kier molecular flexibility index (Phi) is 2.90. The molecule has 0 aromatic rings. The van der Waals surface area contributed by atoms with E-state index in [4.69, 9.17) is 10.2 Å². The molecule has 0 aromatic heterocycles. The molecule has 0 atom stereocenters. The number of aliphatic hydroxyl groups is 1. The minimum Gasteiger partial charge on any atom is -0.505 e. The van der Waals surface area contributed by atoms with E-state index < -0.39 is 11.4 Å². The lowest BCUT2D eigenvalue weighted by Gasteiger charge is -2.16. The third-order valence-corrected chi connectivity index (χ3v) is 1.39. The largest absolute Gasteiger partial charge is 0.505 e. The highest BCUT2D eigenvalue weighted by atomic mass is 16.4. The first kappa shape index (κ1) is 9.79. The van der Waals surface area contributed by atoms with E-state index in [1.807, 2.05) is 0 Å². The van der Waals surface area contributed by atoms with Gasteiger partial charge in [-0.15, -0.1) is 0 Å². The highest BCUT2D eigenvalue weighted by molar-refractivity contribution is 5.73. The number of hydrogen-bond acceptors (Lipinski definition) is 2. The lowest BCUT2D eigenvalue weighted by molar-refractivity contribution is -0.147. The van der Waals surface area contributed by atoms with Gasteiger partial charge >= 0.3 is 5.97 Å². The van der Waals surface area contributed by atoms with Crippen molar-refractivity contribution < 1.29 is 15.0 Å². The summed E-state index contributed by atoms with van der Waals surface area (Å²) < 4.78 is 0. The standard InChI is InChI=1S/C8H12O3/c1-4-6(9)5-8(2,3)7(10)11/h9H,1,5H2,2-3H3,(H,10,11). The monoisotopic (exact) mass is 156 g/mol. The van der Waals surface area contributed by atoms with Gasteiger partial charge in [0.25, 0.3) is 0 Å². The van der Waals surface area contributed by atoms with Gasteiger partial charge in [-0.3, -0.25) is 4.79 Å². The number of carbonyl (C=O) groups is 1. The van der Waals surface area contributed by atoms with Crippen LogP contribution in [0.5, 0.6) is 0 Å². The maximum Gasteiger partial charge on any atom is 0.309 e. The van der Waals surface area contributed by atoms with Gasteiger partial charge < -0.3 is 10.2 Å². The SMILES string of the molecule is C=C=C(O)CC(C)(C)C(=O)O. The number of aliphatic hydroxyl groups excluding tert-OH is 1. The van der Waals surface area contributed by atoms with Crippen molar-refractivity contribution in [3.8, 4) is 0 Å². The zero-order chi connectivity index (χ0) is 9.07. The molecule has 0 spiro atoms. The van der Waals surface area contributed by atoms with Crippen molar-refractivity contribution in [1.29, 1.82) is 0 Å². The van der Waals surface area contributed by atoms with Crippen molar-refractivity contribution in [2.45, 2.75) is 20.3 Å². The predicted molar refractivity (Wildman–Crippen MR) is 41.3 cm³/mol. The fraction of sp³-hybridized carbons (Fsp3) is 0.500. The summed E-state index contributed by atoms with van der Waals surface area (Å²) in [5.41, 5.74) is 1.29. The third-order valence-electron chi connectivity index (χ3n) is 1.39. The summed E-state index contributed by atoms with van der Waals surface area (Å²) in [7, 11) is 0. The molecule has 0 aliphatic heterocycles. The molecule has 0 aliphatic rings. The maximum absolute atomic E-state index is 10.5. The van der Waals surface area contributed by atoms with Crippen LogP contribution in [0.3, 0.4) is 0 Å². The minimum atomic E-state index is -0.950. The summed E-state index contributed by atoms with van der Waals surface area (Å²) in [5, 5.41) is 17.5. The average Bonchev–Trinajstić information content (AvgIpc) is 1.86. The second-order valence-corrected chi connectivity index (χ2v) is 2.99. The van der Waals surface area contributed by atoms with Crippen LogP contribution in [0.2, 0.25) is 0 Å². The first-order chi connectivity index (χ1) is 4.90. The summed E-state index contributed by atoms with van der Waals surface area (Å²) in [5.74, 6) is -1.06. The highest BCUT2D eigenvalue weighted by Crippen LogP contribution is 2.23. The molecule has 2 N–H and O–H groups in total. The molecule has 0 heterocycles. The number of aliphatic carboxylic acids is 1. The topological polar surface area (TPSA) is 57.5 Å². The van der Waals surface area contributed by atoms with E-state index in [1.54, 1.807) is 0 Å². The molecule has 0 saturated carbocycles. The van der Waals surface area contributed by atoms with E-state index in [0.29, 0.717) is 0 Å². The Bertz CT molecular complexity index is 209. The van der Waals surface area contributed by atoms with Crippen molar-refractivity contribution >= 4 is 5.97 Å². The van der Waals surface area contributed by atoms with Gasteiger partial charge in [0.15, 0.2) is 0 Å². The van der Waals surface area contributed by atoms with Gasteiger partial charge in [0.1, 0.15) is 5.76 Å². The number of carboxylic acid groups (broad SMARTS) is 1. The third kappa shape index (κ3) is 2.92. The van der Waals surface area contributed by atoms with Gasteiger partial charge in [-0.2, -0.15) is 0 Å². The van der Waals surface area contributed by atoms with E-state index in [1.165, 1.54) is 13.8 Å². The predicted octanol–water partition coefficient (Wildman–Crippen LogP) is 1.71. The maximum atomic E-state index is 10.5. The Morgan fingerprint density at radius 3 is 2.27 bits per heavy atom. The molecule has 0 rings (SSSR count). The smallest absolute Gasteiger partial charge is 0.309 e. The first-order valence-electron chi connectivity index (χ1n) is 3.21. The van der Waals surface area contributed by atoms with Gasteiger partial charge in [-0.25, -0.2) is 0 Å². The van der Waals surface area contributed by atoms with E-state index >= 15 is 0 Å². The number of rotatable bonds is 3. The number of hydrogen-bond donors (Lipinski definition) is 2. The summed E-state index contributed by atoms with van der Waals surface area (Å²) in [6, 6.07) is 0. The molecular weight excluding hydrogens is 144 g/mol. The van der Waals surface area contributed by atoms with Gasteiger partial charge in [0.05, 0.1) is 5.41 Å². The van der Waals surface area contributed by atoms with Crippen LogP contribution in [0.4, 0.5) is 0 Å². The van der Waals surface area contributed by atoms with Crippen molar-refractivity contribution in [2.24, 2.45) is 5.41 Å². The second kappa shape index (κ2) is 3.26. The van der Waals surface area contributed by atoms with E-state index in [0.717, 1.165) is 0 Å². The Labute approximate surface area is 65.7 Å². The van der Waals surface area contributed by atoms with Crippen LogP contribution >= 0.6 is 0 Å². The highest BCUT2D eigenvalue weighted by Gasteiger charge is 2.28. The second-order valence-electron chi connectivity index (χ2n) is 2.99. The summed E-state index contributed by atoms with van der Waals surface area (Å²) >= 11 is 0. The zero-order valence-electron chi connectivity index (χ0n) is 6.72. The molecule has 0 aromatic carbocycles. The first-order valence-corrected chi connectivity index (χ1v) is 3.21. The number of allylic oxidation sites excluding steroid dienone is 1. The normalized spacial score (nSPS) is 10.4. The minimum absolute atomic E-state index is 0.0613. The molecule has 0 saturated heterocycles. The number of carboxylic acids is 1. The Morgan fingerprint density at radius 1 is 1.55 bits per heavy atom. The van der Waals surface area contributed by atoms with Crippen molar-refractivity contribution in [2.75, 3.05) is 0 Å². The van der Waals surface area contributed by atoms with Gasteiger partial charge in [0, 0.05) is 6.42 Å². The fourth-order valence-electron chi connectivity index (χ4n) is 0.557. The van der Waals surface area contributed by atoms with E-state index in [-0.39, 0.29) is 12.2 Å². The summed E-state index contributed by atoms with van der Waals surface area (Å²) in [6.45, 7) is 6.26. The lowest BCUT2D eigenvalue weighted by atomic mass is 9.89. The van der Waals surface area contributed by atoms with Crippen LogP contribution in [0, 0.1) is 5.41 Å². The Hall–Kier alpha value is -1.21. The molecule has 0 aliphatic carbocycles. The molecule has 11 heavy (non-hydrogen) atoms. The van der Waals surface area contributed by atoms with Crippen LogP contribution in [0.25, 0.3) is 0 Å². The Balaban J connectivity index is 4.36. The lowest BCUT2D eigenvalue weighted by Crippen LogP contribution is -2.23. The molecule has 0 radical (unpaired) electrons. The van der Waals surface area contributed by atoms with Gasteiger partial charge in [-0.1, -0.05) is 12.3 Å². The van der Waals surface area contributed by atoms with E-state index in [9.17, 15) is 4.79 Å². The van der Waals surface area contributed by atoms with Gasteiger partial charge in [0.2, 0.25) is 0 Å². The molecular formula is C8H12O3. The molecule has 3 nitrogen and oxygen atoms in total. The van der Waals surface area contributed by atoms with Crippen molar-refractivity contribution in [3.05, 3.63) is 18.1 Å². The molecule has 0 bridgehead atoms. The van der Waals surface area contributed by atoms with Crippen LogP contribution in [-0.4, -0.2) is 16.2 Å². The van der Waals surface area contributed by atoms with Crippen LogP contribution in [-0.2, 0) is 4.79 Å². The van der Waals surface area contributed by atoms with Crippen molar-refractivity contribution in [1.82, 2.24) is 0 Å². The van der Waals surface area contributed by atoms with Crippen LogP contribution < -0.4 is 0 Å². The quantitative estimate of drug-likeness (QED) is 0.483. The molecule has 0 amide bonds. The molecule has 62 valence electrons. The summed E-state index contributed by atoms with van der Waals surface area (Å²) in [4.78, 5) is 10.5. The van der Waals surface area contributed by atoms with E-state index in [2.05, 4.69) is 12.3 Å². The summed E-state index contributed by atoms with van der Waals surface area (Å²) in [6.07, 6.45) is 0.0613. The Morgan fingerprint density at radius 2 is 2.00 bits per heavy atom. The van der Waals surface area contributed by atoms with Crippen LogP contribution in [0.1, 0.15) is 20.3 Å². The molecule has 0 fully saturated rings. The average molecular weight is 156 g/mol. The van der Waals surface area contributed by atoms with Gasteiger partial charge in [-0.05, 0) is 13.8 Å². The molecule has 0 unspecified atom stereocenters. The van der Waals surface area contributed by atoms with Crippen LogP contribution in [0.15, 0.2) is 18.1 Å².